The van der Waals surface area contributed by atoms with E-state index in [4.69, 9.17) is 14.2 Å². The van der Waals surface area contributed by atoms with Gasteiger partial charge in [0.2, 0.25) is 11.7 Å². The van der Waals surface area contributed by atoms with Crippen LogP contribution in [0.15, 0.2) is 30.3 Å². The SMILES string of the molecule is COc1cc2c(c(OC)c1OC)C(c1cccc(F)c1)CC(=O)N2. The molecule has 1 aliphatic rings. The number of amides is 1. The van der Waals surface area contributed by atoms with Crippen LogP contribution in [0.2, 0.25) is 0 Å². The van der Waals surface area contributed by atoms with Gasteiger partial charge in [0.25, 0.3) is 0 Å². The number of hydrogen-bond donors (Lipinski definition) is 1. The summed E-state index contributed by atoms with van der Waals surface area (Å²) in [6, 6.07) is 7.93. The summed E-state index contributed by atoms with van der Waals surface area (Å²) in [5, 5.41) is 2.83. The van der Waals surface area contributed by atoms with Crippen molar-refractivity contribution in [3.05, 3.63) is 47.3 Å². The van der Waals surface area contributed by atoms with Crippen LogP contribution in [0.3, 0.4) is 0 Å². The first-order valence-corrected chi connectivity index (χ1v) is 7.47. The first kappa shape index (κ1) is 16.1. The van der Waals surface area contributed by atoms with Crippen molar-refractivity contribution in [2.24, 2.45) is 0 Å². The molecule has 0 saturated heterocycles. The van der Waals surface area contributed by atoms with Crippen molar-refractivity contribution in [2.45, 2.75) is 12.3 Å². The second kappa shape index (κ2) is 6.39. The average Bonchev–Trinajstić information content (AvgIpc) is 2.59. The number of benzene rings is 2. The summed E-state index contributed by atoms with van der Waals surface area (Å²) in [4.78, 5) is 12.1. The van der Waals surface area contributed by atoms with Crippen LogP contribution in [-0.2, 0) is 4.79 Å². The molecule has 6 heteroatoms. The molecule has 1 aliphatic heterocycles. The fourth-order valence-corrected chi connectivity index (χ4v) is 3.12. The largest absolute Gasteiger partial charge is 0.493 e. The maximum absolute atomic E-state index is 13.7. The maximum Gasteiger partial charge on any atom is 0.225 e. The van der Waals surface area contributed by atoms with Gasteiger partial charge in [-0.05, 0) is 17.7 Å². The monoisotopic (exact) mass is 331 g/mol. The van der Waals surface area contributed by atoms with Crippen LogP contribution in [0.1, 0.15) is 23.5 Å². The summed E-state index contributed by atoms with van der Waals surface area (Å²) in [5.41, 5.74) is 2.03. The van der Waals surface area contributed by atoms with Gasteiger partial charge in [0.05, 0.1) is 27.0 Å². The van der Waals surface area contributed by atoms with Gasteiger partial charge in [-0.2, -0.15) is 0 Å². The topological polar surface area (TPSA) is 56.8 Å². The third-order valence-corrected chi connectivity index (χ3v) is 4.13. The molecule has 0 fully saturated rings. The molecular weight excluding hydrogens is 313 g/mol. The van der Waals surface area contributed by atoms with Crippen molar-refractivity contribution >= 4 is 11.6 Å². The lowest BCUT2D eigenvalue weighted by Gasteiger charge is -2.29. The number of nitrogens with one attached hydrogen (secondary N) is 1. The summed E-state index contributed by atoms with van der Waals surface area (Å²) in [6.45, 7) is 0. The van der Waals surface area contributed by atoms with E-state index in [0.717, 1.165) is 5.56 Å². The fraction of sp³-hybridized carbons (Fsp3) is 0.278. The highest BCUT2D eigenvalue weighted by molar-refractivity contribution is 5.97. The number of hydrogen-bond acceptors (Lipinski definition) is 4. The molecule has 1 atom stereocenters. The van der Waals surface area contributed by atoms with Crippen molar-refractivity contribution in [3.63, 3.8) is 0 Å². The van der Waals surface area contributed by atoms with Gasteiger partial charge >= 0.3 is 0 Å². The van der Waals surface area contributed by atoms with Crippen LogP contribution >= 0.6 is 0 Å². The molecule has 2 aromatic carbocycles. The Kier molecular flexibility index (Phi) is 4.29. The van der Waals surface area contributed by atoms with Crippen LogP contribution in [0.4, 0.5) is 10.1 Å². The summed E-state index contributed by atoms with van der Waals surface area (Å²) < 4.78 is 30.0. The minimum absolute atomic E-state index is 0.147. The molecule has 2 aromatic rings. The molecule has 1 N–H and O–H groups in total. The smallest absolute Gasteiger partial charge is 0.225 e. The quantitative estimate of drug-likeness (QED) is 0.934. The Hall–Kier alpha value is -2.76. The predicted molar refractivity (Wildman–Crippen MR) is 87.6 cm³/mol. The number of methoxy groups -OCH3 is 3. The van der Waals surface area contributed by atoms with E-state index < -0.39 is 0 Å². The Morgan fingerprint density at radius 1 is 1.08 bits per heavy atom. The fourth-order valence-electron chi connectivity index (χ4n) is 3.12. The van der Waals surface area contributed by atoms with E-state index in [0.29, 0.717) is 28.5 Å². The zero-order chi connectivity index (χ0) is 17.3. The molecule has 1 amide bonds. The first-order chi connectivity index (χ1) is 11.6. The van der Waals surface area contributed by atoms with Crippen LogP contribution in [-0.4, -0.2) is 27.2 Å². The van der Waals surface area contributed by atoms with E-state index in [2.05, 4.69) is 5.32 Å². The number of anilines is 1. The van der Waals surface area contributed by atoms with Crippen LogP contribution in [0.25, 0.3) is 0 Å². The third kappa shape index (κ3) is 2.64. The zero-order valence-electron chi connectivity index (χ0n) is 13.7. The third-order valence-electron chi connectivity index (χ3n) is 4.13. The van der Waals surface area contributed by atoms with Gasteiger partial charge in [0.1, 0.15) is 5.82 Å². The Morgan fingerprint density at radius 3 is 2.46 bits per heavy atom. The molecule has 0 aliphatic carbocycles. The lowest BCUT2D eigenvalue weighted by Crippen LogP contribution is -2.24. The van der Waals surface area contributed by atoms with Crippen molar-refractivity contribution in [2.75, 3.05) is 26.6 Å². The number of carbonyl (C=O) groups excluding carboxylic acids is 1. The van der Waals surface area contributed by atoms with Crippen molar-refractivity contribution in [3.8, 4) is 17.2 Å². The van der Waals surface area contributed by atoms with Gasteiger partial charge in [0, 0.05) is 24.0 Å². The Bertz CT molecular complexity index is 791. The number of fused-ring (bicyclic) bond motifs is 1. The van der Waals surface area contributed by atoms with E-state index in [9.17, 15) is 9.18 Å². The van der Waals surface area contributed by atoms with Gasteiger partial charge < -0.3 is 19.5 Å². The van der Waals surface area contributed by atoms with E-state index in [1.165, 1.54) is 33.5 Å². The zero-order valence-corrected chi connectivity index (χ0v) is 13.7. The van der Waals surface area contributed by atoms with Crippen molar-refractivity contribution in [1.82, 2.24) is 0 Å². The minimum atomic E-state index is -0.348. The Labute approximate surface area is 139 Å². The molecule has 1 unspecified atom stereocenters. The molecule has 3 rings (SSSR count). The average molecular weight is 331 g/mol. The molecule has 1 heterocycles. The van der Waals surface area contributed by atoms with Crippen molar-refractivity contribution in [1.29, 1.82) is 0 Å². The number of rotatable bonds is 4. The van der Waals surface area contributed by atoms with Gasteiger partial charge in [0.15, 0.2) is 11.5 Å². The molecular formula is C18H18FNO4. The van der Waals surface area contributed by atoms with E-state index in [1.807, 2.05) is 0 Å². The molecule has 0 spiro atoms. The van der Waals surface area contributed by atoms with Crippen LogP contribution < -0.4 is 19.5 Å². The highest BCUT2D eigenvalue weighted by atomic mass is 19.1. The Morgan fingerprint density at radius 2 is 1.83 bits per heavy atom. The molecule has 5 nitrogen and oxygen atoms in total. The summed E-state index contributed by atoms with van der Waals surface area (Å²) in [6.07, 6.45) is 0.197. The molecule has 126 valence electrons. The van der Waals surface area contributed by atoms with Crippen LogP contribution in [0, 0.1) is 5.82 Å². The van der Waals surface area contributed by atoms with Crippen molar-refractivity contribution < 1.29 is 23.4 Å². The van der Waals surface area contributed by atoms with Gasteiger partial charge in [-0.1, -0.05) is 12.1 Å². The molecule has 24 heavy (non-hydrogen) atoms. The van der Waals surface area contributed by atoms with E-state index >= 15 is 0 Å². The molecule has 0 saturated carbocycles. The summed E-state index contributed by atoms with van der Waals surface area (Å²) >= 11 is 0. The highest BCUT2D eigenvalue weighted by Crippen LogP contribution is 2.51. The minimum Gasteiger partial charge on any atom is -0.493 e. The second-order valence-electron chi connectivity index (χ2n) is 5.47. The standard InChI is InChI=1S/C18H18FNO4/c1-22-14-9-13-16(18(24-3)17(14)23-2)12(8-15(21)20-13)10-5-4-6-11(19)7-10/h4-7,9,12H,8H2,1-3H3,(H,20,21). The number of ether oxygens (including phenoxy) is 3. The maximum atomic E-state index is 13.7. The number of carbonyl (C=O) groups is 1. The molecule has 0 radical (unpaired) electrons. The highest BCUT2D eigenvalue weighted by Gasteiger charge is 2.33. The van der Waals surface area contributed by atoms with E-state index in [-0.39, 0.29) is 24.1 Å². The second-order valence-corrected chi connectivity index (χ2v) is 5.47. The lowest BCUT2D eigenvalue weighted by molar-refractivity contribution is -0.116. The van der Waals surface area contributed by atoms with Gasteiger partial charge in [-0.15, -0.1) is 0 Å². The Balaban J connectivity index is 2.25. The summed E-state index contributed by atoms with van der Waals surface area (Å²) in [5.74, 6) is 0.537. The van der Waals surface area contributed by atoms with Crippen LogP contribution in [0.5, 0.6) is 17.2 Å². The molecule has 0 aromatic heterocycles. The van der Waals surface area contributed by atoms with Gasteiger partial charge in [-0.25, -0.2) is 4.39 Å². The summed E-state index contributed by atoms with van der Waals surface area (Å²) in [7, 11) is 4.56. The lowest BCUT2D eigenvalue weighted by atomic mass is 9.83. The normalized spacial score (nSPS) is 16.2. The van der Waals surface area contributed by atoms with Gasteiger partial charge in [-0.3, -0.25) is 4.79 Å². The predicted octanol–water partition coefficient (Wildman–Crippen LogP) is 3.33. The van der Waals surface area contributed by atoms with E-state index in [1.54, 1.807) is 18.2 Å². The number of halogens is 1. The first-order valence-electron chi connectivity index (χ1n) is 7.47. The molecule has 0 bridgehead atoms.